The monoisotopic (exact) mass is 485 g/mol. The molecule has 1 atom stereocenters. The number of hydrogen-bond acceptors (Lipinski definition) is 6. The van der Waals surface area contributed by atoms with Crippen molar-refractivity contribution in [2.45, 2.75) is 24.3 Å². The third-order valence-electron chi connectivity index (χ3n) is 6.42. The van der Waals surface area contributed by atoms with E-state index in [4.69, 9.17) is 10.9 Å². The molecule has 6 nitrogen and oxygen atoms in total. The molecule has 0 saturated carbocycles. The highest BCUT2D eigenvalue weighted by atomic mass is 32.2. The maximum absolute atomic E-state index is 14.9. The van der Waals surface area contributed by atoms with Gasteiger partial charge in [-0.15, -0.1) is 0 Å². The number of amides is 1. The van der Waals surface area contributed by atoms with E-state index < -0.39 is 17.5 Å². The predicted molar refractivity (Wildman–Crippen MR) is 127 cm³/mol. The van der Waals surface area contributed by atoms with Gasteiger partial charge in [0.05, 0.1) is 16.5 Å². The van der Waals surface area contributed by atoms with Crippen molar-refractivity contribution in [3.63, 3.8) is 0 Å². The van der Waals surface area contributed by atoms with Crippen molar-refractivity contribution in [2.24, 2.45) is 11.1 Å². The van der Waals surface area contributed by atoms with E-state index in [2.05, 4.69) is 4.98 Å². The largest absolute Gasteiger partial charge is 0.384 e. The third kappa shape index (κ3) is 3.76. The first kappa shape index (κ1) is 22.5. The van der Waals surface area contributed by atoms with Gasteiger partial charge in [-0.3, -0.25) is 9.93 Å². The molecule has 34 heavy (non-hydrogen) atoms. The summed E-state index contributed by atoms with van der Waals surface area (Å²) in [5.41, 5.74) is 7.78. The molecular formula is C24H22F3N5OS. The number of aromatic nitrogens is 1. The van der Waals surface area contributed by atoms with Gasteiger partial charge in [-0.2, -0.15) is 0 Å². The summed E-state index contributed by atoms with van der Waals surface area (Å²) in [5, 5.41) is 5.56. The number of anilines is 3. The zero-order valence-corrected chi connectivity index (χ0v) is 19.1. The van der Waals surface area contributed by atoms with Crippen LogP contribution in [0.4, 0.5) is 30.4 Å². The Morgan fingerprint density at radius 2 is 1.82 bits per heavy atom. The average molecular weight is 486 g/mol. The first-order valence-corrected chi connectivity index (χ1v) is 11.6. The third-order valence-corrected chi connectivity index (χ3v) is 6.98. The Balaban J connectivity index is 1.31. The van der Waals surface area contributed by atoms with Crippen LogP contribution in [0.1, 0.15) is 12.5 Å². The fourth-order valence-corrected chi connectivity index (χ4v) is 5.01. The number of carbonyl (C=O) groups excluding carboxylic acids is 1. The Labute approximate surface area is 198 Å². The van der Waals surface area contributed by atoms with Crippen molar-refractivity contribution in [3.05, 3.63) is 65.6 Å². The lowest BCUT2D eigenvalue weighted by Gasteiger charge is -2.42. The minimum Gasteiger partial charge on any atom is -0.384 e. The van der Waals surface area contributed by atoms with Crippen LogP contribution in [0.5, 0.6) is 0 Å². The second kappa shape index (κ2) is 8.52. The lowest BCUT2D eigenvalue weighted by Crippen LogP contribution is -2.56. The van der Waals surface area contributed by atoms with Crippen molar-refractivity contribution in [1.82, 2.24) is 4.98 Å². The standard InChI is InChI=1S/C24H22F3N5OS/c1-12-4-14-6-19(27)22(34-29)8-21(14)32(12)24(33)15-10-31(11-15)20-3-2-13(5-18(20)26)16-9-30-23(28)7-17(16)25/h2-3,5-9,12,15H,4,10-11,29H2,1H3,(H2,28,30). The normalized spacial score (nSPS) is 17.6. The molecule has 3 heterocycles. The number of nitrogens with two attached hydrogens (primary N) is 2. The Kier molecular flexibility index (Phi) is 5.65. The van der Waals surface area contributed by atoms with Crippen LogP contribution >= 0.6 is 11.9 Å². The maximum atomic E-state index is 14.9. The number of hydrogen-bond donors (Lipinski definition) is 2. The lowest BCUT2D eigenvalue weighted by atomic mass is 9.96. The number of benzene rings is 2. The van der Waals surface area contributed by atoms with E-state index in [9.17, 15) is 18.0 Å². The molecule has 0 bridgehead atoms. The molecule has 3 aromatic rings. The molecule has 176 valence electrons. The number of nitrogens with zero attached hydrogens (tertiary/aromatic N) is 3. The van der Waals surface area contributed by atoms with Gasteiger partial charge in [-0.05, 0) is 60.7 Å². The molecule has 0 radical (unpaired) electrons. The fraction of sp³-hybridized carbons (Fsp3) is 0.250. The van der Waals surface area contributed by atoms with Crippen molar-refractivity contribution >= 4 is 35.0 Å². The molecule has 1 unspecified atom stereocenters. The molecule has 2 aliphatic heterocycles. The van der Waals surface area contributed by atoms with Gasteiger partial charge in [0.15, 0.2) is 0 Å². The number of nitrogen functional groups attached to an aromatic ring is 1. The van der Waals surface area contributed by atoms with Crippen LogP contribution in [-0.2, 0) is 11.2 Å². The Hall–Kier alpha value is -3.24. The van der Waals surface area contributed by atoms with E-state index in [1.807, 2.05) is 6.92 Å². The van der Waals surface area contributed by atoms with Crippen molar-refractivity contribution in [1.29, 1.82) is 0 Å². The number of fused-ring (bicyclic) bond motifs is 1. The summed E-state index contributed by atoms with van der Waals surface area (Å²) in [4.78, 5) is 20.9. The quantitative estimate of drug-likeness (QED) is 0.541. The molecule has 2 aliphatic rings. The predicted octanol–water partition coefficient (Wildman–Crippen LogP) is 4.13. The molecule has 1 saturated heterocycles. The van der Waals surface area contributed by atoms with Gasteiger partial charge in [0.25, 0.3) is 0 Å². The second-order valence-electron chi connectivity index (χ2n) is 8.65. The highest BCUT2D eigenvalue weighted by Crippen LogP contribution is 2.39. The van der Waals surface area contributed by atoms with Crippen LogP contribution in [0.15, 0.2) is 47.5 Å². The minimum atomic E-state index is -0.578. The molecular weight excluding hydrogens is 463 g/mol. The fourth-order valence-electron chi connectivity index (χ4n) is 4.66. The van der Waals surface area contributed by atoms with Crippen LogP contribution in [0, 0.1) is 23.4 Å². The summed E-state index contributed by atoms with van der Waals surface area (Å²) >= 11 is 0.808. The van der Waals surface area contributed by atoms with Gasteiger partial charge in [-0.25, -0.2) is 18.2 Å². The van der Waals surface area contributed by atoms with Gasteiger partial charge >= 0.3 is 0 Å². The Bertz CT molecular complexity index is 1300. The minimum absolute atomic E-state index is 0.0488. The second-order valence-corrected chi connectivity index (χ2v) is 9.32. The number of pyridine rings is 1. The SMILES string of the molecule is CC1Cc2cc(F)c(SN)cc2N1C(=O)C1CN(c2ccc(-c3cnc(N)cc3F)cc2F)C1. The van der Waals surface area contributed by atoms with Crippen LogP contribution in [0.25, 0.3) is 11.1 Å². The number of carbonyl (C=O) groups is 1. The zero-order chi connectivity index (χ0) is 24.1. The van der Waals surface area contributed by atoms with Crippen molar-refractivity contribution < 1.29 is 18.0 Å². The maximum Gasteiger partial charge on any atom is 0.233 e. The topological polar surface area (TPSA) is 88.5 Å². The van der Waals surface area contributed by atoms with Crippen LogP contribution in [0.2, 0.25) is 0 Å². The van der Waals surface area contributed by atoms with E-state index in [1.54, 1.807) is 28.0 Å². The van der Waals surface area contributed by atoms with E-state index in [0.717, 1.165) is 23.6 Å². The van der Waals surface area contributed by atoms with E-state index in [1.165, 1.54) is 18.3 Å². The molecule has 1 amide bonds. The van der Waals surface area contributed by atoms with Gasteiger partial charge in [-0.1, -0.05) is 6.07 Å². The van der Waals surface area contributed by atoms with Crippen molar-refractivity contribution in [3.8, 4) is 11.1 Å². The highest BCUT2D eigenvalue weighted by Gasteiger charge is 2.41. The number of halogens is 3. The van der Waals surface area contributed by atoms with Crippen molar-refractivity contribution in [2.75, 3.05) is 28.6 Å². The summed E-state index contributed by atoms with van der Waals surface area (Å²) in [7, 11) is 0. The van der Waals surface area contributed by atoms with Crippen LogP contribution in [-0.4, -0.2) is 30.0 Å². The van der Waals surface area contributed by atoms with E-state index in [-0.39, 0.29) is 34.1 Å². The summed E-state index contributed by atoms with van der Waals surface area (Å²) in [5.74, 6) is -1.83. The van der Waals surface area contributed by atoms with Crippen LogP contribution in [0.3, 0.4) is 0 Å². The summed E-state index contributed by atoms with van der Waals surface area (Å²) in [6, 6.07) is 8.49. The summed E-state index contributed by atoms with van der Waals surface area (Å²) < 4.78 is 43.2. The van der Waals surface area contributed by atoms with E-state index >= 15 is 0 Å². The Morgan fingerprint density at radius 3 is 2.50 bits per heavy atom. The molecule has 5 rings (SSSR count). The van der Waals surface area contributed by atoms with E-state index in [0.29, 0.717) is 36.4 Å². The summed E-state index contributed by atoms with van der Waals surface area (Å²) in [6.07, 6.45) is 1.84. The molecule has 0 spiro atoms. The summed E-state index contributed by atoms with van der Waals surface area (Å²) in [6.45, 7) is 2.63. The molecule has 1 fully saturated rings. The number of rotatable bonds is 4. The van der Waals surface area contributed by atoms with Gasteiger partial charge < -0.3 is 15.5 Å². The Morgan fingerprint density at radius 1 is 1.06 bits per heavy atom. The van der Waals surface area contributed by atoms with Crippen LogP contribution < -0.4 is 20.7 Å². The molecule has 2 aromatic carbocycles. The molecule has 0 aliphatic carbocycles. The smallest absolute Gasteiger partial charge is 0.233 e. The highest BCUT2D eigenvalue weighted by molar-refractivity contribution is 7.97. The van der Waals surface area contributed by atoms with Gasteiger partial charge in [0, 0.05) is 42.6 Å². The average Bonchev–Trinajstić information content (AvgIpc) is 3.07. The zero-order valence-electron chi connectivity index (χ0n) is 18.3. The molecule has 1 aromatic heterocycles. The lowest BCUT2D eigenvalue weighted by molar-refractivity contribution is -0.123. The van der Waals surface area contributed by atoms with Gasteiger partial charge in [0.1, 0.15) is 23.3 Å². The van der Waals surface area contributed by atoms with Gasteiger partial charge in [0.2, 0.25) is 5.91 Å². The first-order chi connectivity index (χ1) is 16.3. The first-order valence-electron chi connectivity index (χ1n) is 10.7. The molecule has 4 N–H and O–H groups in total. The molecule has 10 heteroatoms.